The van der Waals surface area contributed by atoms with Crippen LogP contribution in [-0.2, 0) is 19.4 Å². The molecule has 5 nitrogen and oxygen atoms in total. The van der Waals surface area contributed by atoms with E-state index in [9.17, 15) is 13.2 Å². The second kappa shape index (κ2) is 7.13. The summed E-state index contributed by atoms with van der Waals surface area (Å²) in [6.45, 7) is 7.05. The van der Waals surface area contributed by atoms with Crippen molar-refractivity contribution < 1.29 is 22.7 Å². The molecule has 0 unspecified atom stereocenters. The number of rotatable bonds is 6. The van der Waals surface area contributed by atoms with Gasteiger partial charge in [0.25, 0.3) is 0 Å². The number of sulfone groups is 1. The summed E-state index contributed by atoms with van der Waals surface area (Å²) in [5.41, 5.74) is -0.631. The van der Waals surface area contributed by atoms with Crippen LogP contribution in [0.4, 0.5) is 0 Å². The Bertz CT molecular complexity index is 596. The zero-order valence-corrected chi connectivity index (χ0v) is 14.6. The van der Waals surface area contributed by atoms with Crippen LogP contribution in [0.3, 0.4) is 0 Å². The second-order valence-electron chi connectivity index (χ2n) is 6.10. The Morgan fingerprint density at radius 3 is 2.14 bits per heavy atom. The standard InChI is InChI=1S/C16H24O5S/c1-6-12(15(17)21-16(2,3)4)11-22(18,19)14-9-7-13(20-5)8-10-14/h7-10,12H,6,11H2,1-5H3/t12-/m0/s1. The average molecular weight is 328 g/mol. The van der Waals surface area contributed by atoms with Gasteiger partial charge in [0.2, 0.25) is 0 Å². The lowest BCUT2D eigenvalue weighted by Gasteiger charge is -2.23. The molecule has 0 aliphatic heterocycles. The number of hydrogen-bond acceptors (Lipinski definition) is 5. The maximum atomic E-state index is 12.4. The molecular weight excluding hydrogens is 304 g/mol. The summed E-state index contributed by atoms with van der Waals surface area (Å²) >= 11 is 0. The van der Waals surface area contributed by atoms with Crippen molar-refractivity contribution in [1.29, 1.82) is 0 Å². The molecule has 0 aliphatic carbocycles. The molecule has 22 heavy (non-hydrogen) atoms. The van der Waals surface area contributed by atoms with E-state index in [2.05, 4.69) is 0 Å². The van der Waals surface area contributed by atoms with Crippen LogP contribution >= 0.6 is 0 Å². The van der Waals surface area contributed by atoms with Gasteiger partial charge in [0.05, 0.1) is 23.7 Å². The highest BCUT2D eigenvalue weighted by atomic mass is 32.2. The predicted octanol–water partition coefficient (Wildman–Crippen LogP) is 2.84. The maximum Gasteiger partial charge on any atom is 0.310 e. The van der Waals surface area contributed by atoms with Gasteiger partial charge in [-0.25, -0.2) is 8.42 Å². The number of ether oxygens (including phenoxy) is 2. The Morgan fingerprint density at radius 1 is 1.18 bits per heavy atom. The molecule has 1 aromatic carbocycles. The van der Waals surface area contributed by atoms with E-state index in [0.717, 1.165) is 0 Å². The Hall–Kier alpha value is -1.56. The summed E-state index contributed by atoms with van der Waals surface area (Å²) in [6, 6.07) is 6.13. The van der Waals surface area contributed by atoms with Crippen molar-refractivity contribution in [3.05, 3.63) is 24.3 Å². The third-order valence-electron chi connectivity index (χ3n) is 3.07. The van der Waals surface area contributed by atoms with E-state index in [-0.39, 0.29) is 10.6 Å². The van der Waals surface area contributed by atoms with E-state index < -0.39 is 27.3 Å². The number of methoxy groups -OCH3 is 1. The summed E-state index contributed by atoms with van der Waals surface area (Å²) in [7, 11) is -2.04. The van der Waals surface area contributed by atoms with Crippen LogP contribution in [-0.4, -0.2) is 32.9 Å². The normalized spacial score (nSPS) is 13.5. The molecular formula is C16H24O5S. The lowest BCUT2D eigenvalue weighted by atomic mass is 10.1. The number of esters is 1. The lowest BCUT2D eigenvalue weighted by molar-refractivity contribution is -0.159. The average Bonchev–Trinajstić information content (AvgIpc) is 2.43. The van der Waals surface area contributed by atoms with Crippen LogP contribution < -0.4 is 4.74 Å². The summed E-state index contributed by atoms with van der Waals surface area (Å²) < 4.78 is 35.1. The van der Waals surface area contributed by atoms with Crippen LogP contribution in [0.1, 0.15) is 34.1 Å². The van der Waals surface area contributed by atoms with Crippen LogP contribution in [0.15, 0.2) is 29.2 Å². The SMILES string of the molecule is CC[C@@H](CS(=O)(=O)c1ccc(OC)cc1)C(=O)OC(C)(C)C. The highest BCUT2D eigenvalue weighted by molar-refractivity contribution is 7.91. The van der Waals surface area contributed by atoms with Gasteiger partial charge in [-0.05, 0) is 51.5 Å². The third kappa shape index (κ3) is 5.33. The Kier molecular flexibility index (Phi) is 6.00. The minimum atomic E-state index is -3.55. The van der Waals surface area contributed by atoms with Gasteiger partial charge in [0, 0.05) is 0 Å². The molecule has 0 saturated carbocycles. The first kappa shape index (κ1) is 18.5. The Labute approximate surface area is 132 Å². The first-order chi connectivity index (χ1) is 10.1. The van der Waals surface area contributed by atoms with Crippen molar-refractivity contribution in [2.45, 2.75) is 44.6 Å². The first-order valence-corrected chi connectivity index (χ1v) is 8.84. The summed E-state index contributed by atoms with van der Waals surface area (Å²) in [5.74, 6) is -0.832. The first-order valence-electron chi connectivity index (χ1n) is 7.18. The largest absolute Gasteiger partial charge is 0.497 e. The van der Waals surface area contributed by atoms with E-state index >= 15 is 0 Å². The second-order valence-corrected chi connectivity index (χ2v) is 8.13. The molecule has 6 heteroatoms. The van der Waals surface area contributed by atoms with Crippen LogP contribution in [0.2, 0.25) is 0 Å². The molecule has 0 saturated heterocycles. The van der Waals surface area contributed by atoms with Gasteiger partial charge in [0.1, 0.15) is 11.4 Å². The minimum absolute atomic E-state index is 0.176. The van der Waals surface area contributed by atoms with Gasteiger partial charge in [-0.3, -0.25) is 4.79 Å². The van der Waals surface area contributed by atoms with Crippen LogP contribution in [0.5, 0.6) is 5.75 Å². The summed E-state index contributed by atoms with van der Waals surface area (Å²) in [6.07, 6.45) is 0.407. The molecule has 1 atom stereocenters. The molecule has 0 heterocycles. The van der Waals surface area contributed by atoms with Crippen molar-refractivity contribution in [3.63, 3.8) is 0 Å². The predicted molar refractivity (Wildman–Crippen MR) is 84.7 cm³/mol. The summed E-state index contributed by atoms with van der Waals surface area (Å²) in [5, 5.41) is 0. The van der Waals surface area contributed by atoms with E-state index in [1.807, 2.05) is 0 Å². The molecule has 0 aliphatic rings. The van der Waals surface area contributed by atoms with E-state index in [4.69, 9.17) is 9.47 Å². The van der Waals surface area contributed by atoms with E-state index in [0.29, 0.717) is 12.2 Å². The molecule has 0 N–H and O–H groups in total. The van der Waals surface area contributed by atoms with Crippen molar-refractivity contribution in [2.75, 3.05) is 12.9 Å². The van der Waals surface area contributed by atoms with Crippen molar-refractivity contribution in [3.8, 4) is 5.75 Å². The number of hydrogen-bond donors (Lipinski definition) is 0. The van der Waals surface area contributed by atoms with Crippen molar-refractivity contribution in [2.24, 2.45) is 5.92 Å². The van der Waals surface area contributed by atoms with Gasteiger partial charge in [-0.15, -0.1) is 0 Å². The van der Waals surface area contributed by atoms with Gasteiger partial charge >= 0.3 is 5.97 Å². The van der Waals surface area contributed by atoms with Gasteiger partial charge in [-0.2, -0.15) is 0 Å². The molecule has 1 aromatic rings. The highest BCUT2D eigenvalue weighted by Crippen LogP contribution is 2.21. The Morgan fingerprint density at radius 2 is 1.73 bits per heavy atom. The van der Waals surface area contributed by atoms with Crippen LogP contribution in [0.25, 0.3) is 0 Å². The molecule has 0 fully saturated rings. The molecule has 0 spiro atoms. The van der Waals surface area contributed by atoms with Crippen molar-refractivity contribution >= 4 is 15.8 Å². The van der Waals surface area contributed by atoms with Crippen LogP contribution in [0, 0.1) is 5.92 Å². The summed E-state index contributed by atoms with van der Waals surface area (Å²) in [4.78, 5) is 12.3. The zero-order chi connectivity index (χ0) is 17.0. The topological polar surface area (TPSA) is 69.7 Å². The number of carbonyl (C=O) groups is 1. The molecule has 1 rings (SSSR count). The monoisotopic (exact) mass is 328 g/mol. The lowest BCUT2D eigenvalue weighted by Crippen LogP contribution is -2.32. The van der Waals surface area contributed by atoms with Crippen molar-refractivity contribution in [1.82, 2.24) is 0 Å². The zero-order valence-electron chi connectivity index (χ0n) is 13.8. The quantitative estimate of drug-likeness (QED) is 0.751. The molecule has 0 amide bonds. The Balaban J connectivity index is 2.90. The smallest absolute Gasteiger partial charge is 0.310 e. The molecule has 124 valence electrons. The number of benzene rings is 1. The van der Waals surface area contributed by atoms with Gasteiger partial charge in [0.15, 0.2) is 9.84 Å². The maximum absolute atomic E-state index is 12.4. The van der Waals surface area contributed by atoms with Gasteiger partial charge < -0.3 is 9.47 Å². The minimum Gasteiger partial charge on any atom is -0.497 e. The fourth-order valence-electron chi connectivity index (χ4n) is 1.88. The molecule has 0 radical (unpaired) electrons. The molecule has 0 aromatic heterocycles. The molecule has 0 bridgehead atoms. The van der Waals surface area contributed by atoms with E-state index in [1.165, 1.54) is 19.2 Å². The number of carbonyl (C=O) groups excluding carboxylic acids is 1. The third-order valence-corrected chi connectivity index (χ3v) is 4.90. The fraction of sp³-hybridized carbons (Fsp3) is 0.562. The fourth-order valence-corrected chi connectivity index (χ4v) is 3.53. The highest BCUT2D eigenvalue weighted by Gasteiger charge is 2.29. The van der Waals surface area contributed by atoms with Gasteiger partial charge in [-0.1, -0.05) is 6.92 Å². The van der Waals surface area contributed by atoms with E-state index in [1.54, 1.807) is 39.8 Å².